The van der Waals surface area contributed by atoms with Crippen molar-refractivity contribution in [3.63, 3.8) is 0 Å². The molecule has 0 fully saturated rings. The van der Waals surface area contributed by atoms with Gasteiger partial charge in [0, 0.05) is 44.1 Å². The Hall–Kier alpha value is -2.17. The average Bonchev–Trinajstić information content (AvgIpc) is 2.62. The van der Waals surface area contributed by atoms with Gasteiger partial charge in [0.05, 0.1) is 13.2 Å². The quantitative estimate of drug-likeness (QED) is 0.667. The fourth-order valence-electron chi connectivity index (χ4n) is 2.35. The Bertz CT molecular complexity index is 588. The van der Waals surface area contributed by atoms with E-state index in [0.717, 1.165) is 18.8 Å². The van der Waals surface area contributed by atoms with Gasteiger partial charge in [-0.05, 0) is 24.3 Å². The number of benzene rings is 2. The van der Waals surface area contributed by atoms with Gasteiger partial charge in [0.15, 0.2) is 5.78 Å². The minimum absolute atomic E-state index is 0.0393. The lowest BCUT2D eigenvalue weighted by Gasteiger charge is -2.24. The minimum atomic E-state index is 0.0393. The number of carbonyl (C=O) groups excluding carboxylic acids is 1. The van der Waals surface area contributed by atoms with E-state index in [4.69, 9.17) is 9.47 Å². The molecule has 0 bridgehead atoms. The summed E-state index contributed by atoms with van der Waals surface area (Å²) in [6.45, 7) is 2.86. The number of rotatable bonds is 9. The van der Waals surface area contributed by atoms with Crippen LogP contribution in [0.25, 0.3) is 0 Å². The lowest BCUT2D eigenvalue weighted by molar-refractivity contribution is 0.103. The molecule has 0 amide bonds. The van der Waals surface area contributed by atoms with Gasteiger partial charge < -0.3 is 14.4 Å². The molecule has 2 rings (SSSR count). The van der Waals surface area contributed by atoms with Gasteiger partial charge in [-0.25, -0.2) is 0 Å². The summed E-state index contributed by atoms with van der Waals surface area (Å²) in [6.07, 6.45) is 0. The minimum Gasteiger partial charge on any atom is -0.383 e. The van der Waals surface area contributed by atoms with Crippen LogP contribution in [0, 0.1) is 0 Å². The lowest BCUT2D eigenvalue weighted by Crippen LogP contribution is -2.30. The molecule has 0 radical (unpaired) electrons. The molecular formula is C19H23NO3. The summed E-state index contributed by atoms with van der Waals surface area (Å²) < 4.78 is 10.3. The smallest absolute Gasteiger partial charge is 0.193 e. The molecular weight excluding hydrogens is 290 g/mol. The molecule has 4 heteroatoms. The normalized spacial score (nSPS) is 10.5. The second kappa shape index (κ2) is 9.08. The standard InChI is InChI=1S/C19H23NO3/c1-22-14-12-20(13-15-23-2)18-10-8-17(9-11-18)19(21)16-6-4-3-5-7-16/h3-11H,12-15H2,1-2H3. The summed E-state index contributed by atoms with van der Waals surface area (Å²) in [7, 11) is 3.38. The zero-order chi connectivity index (χ0) is 16.5. The first-order chi connectivity index (χ1) is 11.3. The molecule has 0 aromatic heterocycles. The van der Waals surface area contributed by atoms with Crippen molar-refractivity contribution in [2.75, 3.05) is 45.4 Å². The number of carbonyl (C=O) groups is 1. The van der Waals surface area contributed by atoms with Crippen molar-refractivity contribution in [2.24, 2.45) is 0 Å². The van der Waals surface area contributed by atoms with Crippen LogP contribution in [-0.2, 0) is 9.47 Å². The number of anilines is 1. The van der Waals surface area contributed by atoms with Crippen LogP contribution in [0.2, 0.25) is 0 Å². The number of ether oxygens (including phenoxy) is 2. The van der Waals surface area contributed by atoms with Gasteiger partial charge in [0.1, 0.15) is 0 Å². The Morgan fingerprint density at radius 2 is 1.35 bits per heavy atom. The number of methoxy groups -OCH3 is 2. The molecule has 2 aromatic carbocycles. The van der Waals surface area contributed by atoms with Gasteiger partial charge >= 0.3 is 0 Å². The van der Waals surface area contributed by atoms with E-state index in [0.29, 0.717) is 24.3 Å². The van der Waals surface area contributed by atoms with E-state index in [2.05, 4.69) is 4.90 Å². The third-order valence-electron chi connectivity index (χ3n) is 3.66. The highest BCUT2D eigenvalue weighted by Crippen LogP contribution is 2.17. The molecule has 0 aliphatic rings. The van der Waals surface area contributed by atoms with Gasteiger partial charge in [-0.2, -0.15) is 0 Å². The first-order valence-corrected chi connectivity index (χ1v) is 7.69. The Morgan fingerprint density at radius 1 is 0.826 bits per heavy atom. The molecule has 2 aromatic rings. The molecule has 0 spiro atoms. The molecule has 0 heterocycles. The molecule has 0 N–H and O–H groups in total. The molecule has 23 heavy (non-hydrogen) atoms. The van der Waals surface area contributed by atoms with E-state index >= 15 is 0 Å². The summed E-state index contributed by atoms with van der Waals surface area (Å²) in [4.78, 5) is 14.6. The average molecular weight is 313 g/mol. The third kappa shape index (κ3) is 4.91. The molecule has 0 aliphatic heterocycles. The molecule has 122 valence electrons. The van der Waals surface area contributed by atoms with Gasteiger partial charge in [-0.3, -0.25) is 4.79 Å². The van der Waals surface area contributed by atoms with E-state index in [1.807, 2.05) is 54.6 Å². The van der Waals surface area contributed by atoms with E-state index in [1.54, 1.807) is 14.2 Å². The second-order valence-electron chi connectivity index (χ2n) is 5.21. The number of hydrogen-bond donors (Lipinski definition) is 0. The van der Waals surface area contributed by atoms with Gasteiger partial charge in [-0.1, -0.05) is 30.3 Å². The van der Waals surface area contributed by atoms with Crippen LogP contribution in [0.4, 0.5) is 5.69 Å². The van der Waals surface area contributed by atoms with Crippen LogP contribution in [0.15, 0.2) is 54.6 Å². The predicted octanol–water partition coefficient (Wildman–Crippen LogP) is 3.02. The van der Waals surface area contributed by atoms with Crippen molar-refractivity contribution < 1.29 is 14.3 Å². The Kier molecular flexibility index (Phi) is 6.78. The Morgan fingerprint density at radius 3 is 1.87 bits per heavy atom. The van der Waals surface area contributed by atoms with E-state index in [9.17, 15) is 4.79 Å². The molecule has 0 unspecified atom stereocenters. The molecule has 0 saturated carbocycles. The topological polar surface area (TPSA) is 38.8 Å². The maximum atomic E-state index is 12.4. The van der Waals surface area contributed by atoms with Crippen molar-refractivity contribution in [3.05, 3.63) is 65.7 Å². The van der Waals surface area contributed by atoms with E-state index < -0.39 is 0 Å². The Labute approximate surface area is 137 Å². The summed E-state index contributed by atoms with van der Waals surface area (Å²) in [5.41, 5.74) is 2.46. The summed E-state index contributed by atoms with van der Waals surface area (Å²) >= 11 is 0. The van der Waals surface area contributed by atoms with Gasteiger partial charge in [-0.15, -0.1) is 0 Å². The first-order valence-electron chi connectivity index (χ1n) is 7.69. The molecule has 0 saturated heterocycles. The van der Waals surface area contributed by atoms with Crippen molar-refractivity contribution in [3.8, 4) is 0 Å². The highest BCUT2D eigenvalue weighted by molar-refractivity contribution is 6.09. The maximum Gasteiger partial charge on any atom is 0.193 e. The van der Waals surface area contributed by atoms with Crippen LogP contribution in [-0.4, -0.2) is 46.3 Å². The Balaban J connectivity index is 2.11. The fourth-order valence-corrected chi connectivity index (χ4v) is 2.35. The zero-order valence-corrected chi connectivity index (χ0v) is 13.7. The summed E-state index contributed by atoms with van der Waals surface area (Å²) in [5, 5.41) is 0. The molecule has 0 aliphatic carbocycles. The van der Waals surface area contributed by atoms with Crippen LogP contribution < -0.4 is 4.90 Å². The largest absolute Gasteiger partial charge is 0.383 e. The van der Waals surface area contributed by atoms with Crippen molar-refractivity contribution in [2.45, 2.75) is 0 Å². The lowest BCUT2D eigenvalue weighted by atomic mass is 10.0. The van der Waals surface area contributed by atoms with Crippen molar-refractivity contribution in [1.29, 1.82) is 0 Å². The van der Waals surface area contributed by atoms with Gasteiger partial charge in [0.2, 0.25) is 0 Å². The predicted molar refractivity (Wildman–Crippen MR) is 92.3 cm³/mol. The first kappa shape index (κ1) is 17.2. The van der Waals surface area contributed by atoms with Crippen LogP contribution >= 0.6 is 0 Å². The second-order valence-corrected chi connectivity index (χ2v) is 5.21. The molecule has 4 nitrogen and oxygen atoms in total. The number of ketones is 1. The third-order valence-corrected chi connectivity index (χ3v) is 3.66. The van der Waals surface area contributed by atoms with Crippen molar-refractivity contribution >= 4 is 11.5 Å². The van der Waals surface area contributed by atoms with Crippen LogP contribution in [0.5, 0.6) is 0 Å². The SMILES string of the molecule is COCCN(CCOC)c1ccc(C(=O)c2ccccc2)cc1. The van der Waals surface area contributed by atoms with Crippen LogP contribution in [0.3, 0.4) is 0 Å². The van der Waals surface area contributed by atoms with E-state index in [1.165, 1.54) is 0 Å². The molecule has 0 atom stereocenters. The van der Waals surface area contributed by atoms with Crippen molar-refractivity contribution in [1.82, 2.24) is 0 Å². The highest BCUT2D eigenvalue weighted by Gasteiger charge is 2.10. The maximum absolute atomic E-state index is 12.4. The van der Waals surface area contributed by atoms with Crippen LogP contribution in [0.1, 0.15) is 15.9 Å². The van der Waals surface area contributed by atoms with Gasteiger partial charge in [0.25, 0.3) is 0 Å². The zero-order valence-electron chi connectivity index (χ0n) is 13.7. The number of hydrogen-bond acceptors (Lipinski definition) is 4. The summed E-state index contributed by atoms with van der Waals surface area (Å²) in [5.74, 6) is 0.0393. The summed E-state index contributed by atoms with van der Waals surface area (Å²) in [6, 6.07) is 17.0. The number of nitrogens with zero attached hydrogens (tertiary/aromatic N) is 1. The fraction of sp³-hybridized carbons (Fsp3) is 0.316. The monoisotopic (exact) mass is 313 g/mol. The highest BCUT2D eigenvalue weighted by atomic mass is 16.5. The van der Waals surface area contributed by atoms with E-state index in [-0.39, 0.29) is 5.78 Å².